The molecular formula is C20H19FN4O2. The Morgan fingerprint density at radius 2 is 1.70 bits per heavy atom. The third-order valence-electron chi connectivity index (χ3n) is 4.17. The van der Waals surface area contributed by atoms with Crippen molar-refractivity contribution in [3.63, 3.8) is 0 Å². The largest absolute Gasteiger partial charge is 0.486 e. The van der Waals surface area contributed by atoms with Gasteiger partial charge in [0.05, 0.1) is 6.20 Å². The molecule has 0 spiro atoms. The summed E-state index contributed by atoms with van der Waals surface area (Å²) in [6.07, 6.45) is 2.10. The second-order valence-electron chi connectivity index (χ2n) is 6.05. The van der Waals surface area contributed by atoms with E-state index in [1.54, 1.807) is 18.2 Å². The number of nitrogens with one attached hydrogen (secondary N) is 2. The summed E-state index contributed by atoms with van der Waals surface area (Å²) in [5, 5.41) is 6.05. The molecule has 27 heavy (non-hydrogen) atoms. The van der Waals surface area contributed by atoms with E-state index in [2.05, 4.69) is 27.5 Å². The number of fused-ring (bicyclic) bond motifs is 1. The molecule has 0 fully saturated rings. The van der Waals surface area contributed by atoms with E-state index in [0.29, 0.717) is 36.3 Å². The van der Waals surface area contributed by atoms with Gasteiger partial charge in [0.2, 0.25) is 5.95 Å². The quantitative estimate of drug-likeness (QED) is 0.696. The lowest BCUT2D eigenvalue weighted by Crippen LogP contribution is -2.15. The zero-order valence-corrected chi connectivity index (χ0v) is 14.8. The Hall–Kier alpha value is -3.35. The van der Waals surface area contributed by atoms with Gasteiger partial charge in [0.15, 0.2) is 23.1 Å². The van der Waals surface area contributed by atoms with Crippen LogP contribution in [0.3, 0.4) is 0 Å². The minimum Gasteiger partial charge on any atom is -0.486 e. The van der Waals surface area contributed by atoms with Gasteiger partial charge in [0, 0.05) is 17.4 Å². The number of aryl methyl sites for hydroxylation is 1. The maximum Gasteiger partial charge on any atom is 0.229 e. The lowest BCUT2D eigenvalue weighted by Gasteiger charge is -2.19. The fourth-order valence-electron chi connectivity index (χ4n) is 2.73. The highest BCUT2D eigenvalue weighted by atomic mass is 19.1. The SMILES string of the molecule is CCc1ccc(Nc2ncc(F)c(Nc3ccc4c(c3)OCCO4)n2)cc1. The Labute approximate surface area is 156 Å². The van der Waals surface area contributed by atoms with E-state index in [9.17, 15) is 4.39 Å². The van der Waals surface area contributed by atoms with Crippen molar-refractivity contribution in [3.05, 3.63) is 60.0 Å². The van der Waals surface area contributed by atoms with Crippen LogP contribution in [0.4, 0.5) is 27.5 Å². The van der Waals surface area contributed by atoms with Crippen molar-refractivity contribution in [3.8, 4) is 11.5 Å². The molecule has 4 rings (SSSR count). The summed E-state index contributed by atoms with van der Waals surface area (Å²) in [6, 6.07) is 13.3. The van der Waals surface area contributed by atoms with Crippen LogP contribution >= 0.6 is 0 Å². The summed E-state index contributed by atoms with van der Waals surface area (Å²) >= 11 is 0. The summed E-state index contributed by atoms with van der Waals surface area (Å²) in [5.41, 5.74) is 2.72. The Balaban J connectivity index is 1.53. The first-order valence-corrected chi connectivity index (χ1v) is 8.76. The molecular weight excluding hydrogens is 347 g/mol. The van der Waals surface area contributed by atoms with E-state index in [-0.39, 0.29) is 5.82 Å². The molecule has 0 aliphatic carbocycles. The standard InChI is InChI=1S/C20H19FN4O2/c1-2-13-3-5-14(6-4-13)24-20-22-12-16(21)19(25-20)23-15-7-8-17-18(11-15)27-10-9-26-17/h3-8,11-12H,2,9-10H2,1H3,(H2,22,23,24,25). The van der Waals surface area contributed by atoms with Gasteiger partial charge >= 0.3 is 0 Å². The highest BCUT2D eigenvalue weighted by molar-refractivity contribution is 5.63. The summed E-state index contributed by atoms with van der Waals surface area (Å²) < 4.78 is 25.2. The van der Waals surface area contributed by atoms with Crippen molar-refractivity contribution in [1.29, 1.82) is 0 Å². The predicted molar refractivity (Wildman–Crippen MR) is 102 cm³/mol. The van der Waals surface area contributed by atoms with Gasteiger partial charge in [0.25, 0.3) is 0 Å². The third-order valence-corrected chi connectivity index (χ3v) is 4.17. The molecule has 0 atom stereocenters. The number of hydrogen-bond donors (Lipinski definition) is 2. The normalized spacial score (nSPS) is 12.5. The minimum atomic E-state index is -0.545. The predicted octanol–water partition coefficient (Wildman–Crippen LogP) is 4.44. The molecule has 0 unspecified atom stereocenters. The van der Waals surface area contributed by atoms with Crippen molar-refractivity contribution >= 4 is 23.1 Å². The first kappa shape index (κ1) is 17.1. The number of benzene rings is 2. The monoisotopic (exact) mass is 366 g/mol. The van der Waals surface area contributed by atoms with E-state index in [1.807, 2.05) is 24.3 Å². The first-order chi connectivity index (χ1) is 13.2. The van der Waals surface area contributed by atoms with Gasteiger partial charge in [0.1, 0.15) is 13.2 Å². The average molecular weight is 366 g/mol. The van der Waals surface area contributed by atoms with Crippen LogP contribution in [0, 0.1) is 5.82 Å². The highest BCUT2D eigenvalue weighted by Gasteiger charge is 2.13. The van der Waals surface area contributed by atoms with Gasteiger partial charge in [-0.25, -0.2) is 9.37 Å². The zero-order chi connectivity index (χ0) is 18.6. The fraction of sp³-hybridized carbons (Fsp3) is 0.200. The van der Waals surface area contributed by atoms with Crippen LogP contribution in [0.2, 0.25) is 0 Å². The summed E-state index contributed by atoms with van der Waals surface area (Å²) in [7, 11) is 0. The molecule has 2 heterocycles. The maximum absolute atomic E-state index is 14.2. The molecule has 0 saturated heterocycles. The Morgan fingerprint density at radius 3 is 2.48 bits per heavy atom. The molecule has 7 heteroatoms. The van der Waals surface area contributed by atoms with Crippen molar-refractivity contribution < 1.29 is 13.9 Å². The number of aromatic nitrogens is 2. The summed E-state index contributed by atoms with van der Waals surface area (Å²) in [4.78, 5) is 8.24. The van der Waals surface area contributed by atoms with Crippen LogP contribution in [0.15, 0.2) is 48.7 Å². The second-order valence-corrected chi connectivity index (χ2v) is 6.05. The minimum absolute atomic E-state index is 0.0781. The van der Waals surface area contributed by atoms with Crippen molar-refractivity contribution in [2.75, 3.05) is 23.8 Å². The van der Waals surface area contributed by atoms with Crippen LogP contribution in [0.5, 0.6) is 11.5 Å². The van der Waals surface area contributed by atoms with E-state index < -0.39 is 5.82 Å². The molecule has 2 aromatic carbocycles. The van der Waals surface area contributed by atoms with Crippen LogP contribution in [0.25, 0.3) is 0 Å². The van der Waals surface area contributed by atoms with E-state index >= 15 is 0 Å². The van der Waals surface area contributed by atoms with Crippen LogP contribution in [-0.4, -0.2) is 23.2 Å². The van der Waals surface area contributed by atoms with Crippen molar-refractivity contribution in [2.24, 2.45) is 0 Å². The van der Waals surface area contributed by atoms with Gasteiger partial charge in [-0.1, -0.05) is 19.1 Å². The first-order valence-electron chi connectivity index (χ1n) is 8.76. The van der Waals surface area contributed by atoms with Gasteiger partial charge in [-0.05, 0) is 36.2 Å². The number of rotatable bonds is 5. The molecule has 138 valence electrons. The number of anilines is 4. The molecule has 1 aliphatic heterocycles. The molecule has 0 radical (unpaired) electrons. The molecule has 0 saturated carbocycles. The maximum atomic E-state index is 14.2. The lowest BCUT2D eigenvalue weighted by atomic mass is 10.1. The molecule has 3 aromatic rings. The molecule has 1 aromatic heterocycles. The van der Waals surface area contributed by atoms with Gasteiger partial charge in [-0.3, -0.25) is 0 Å². The van der Waals surface area contributed by atoms with Crippen LogP contribution in [-0.2, 0) is 6.42 Å². The van der Waals surface area contributed by atoms with Gasteiger partial charge in [-0.2, -0.15) is 4.98 Å². The summed E-state index contributed by atoms with van der Waals surface area (Å²) in [6.45, 7) is 3.11. The fourth-order valence-corrected chi connectivity index (χ4v) is 2.73. The third kappa shape index (κ3) is 3.92. The highest BCUT2D eigenvalue weighted by Crippen LogP contribution is 2.33. The van der Waals surface area contributed by atoms with E-state index in [1.165, 1.54) is 5.56 Å². The van der Waals surface area contributed by atoms with E-state index in [0.717, 1.165) is 18.3 Å². The zero-order valence-electron chi connectivity index (χ0n) is 14.8. The van der Waals surface area contributed by atoms with Crippen LogP contribution in [0.1, 0.15) is 12.5 Å². The van der Waals surface area contributed by atoms with Gasteiger partial charge < -0.3 is 20.1 Å². The molecule has 0 amide bonds. The second kappa shape index (κ2) is 7.49. The Kier molecular flexibility index (Phi) is 4.74. The van der Waals surface area contributed by atoms with Crippen LogP contribution < -0.4 is 20.1 Å². The average Bonchev–Trinajstić information content (AvgIpc) is 2.71. The summed E-state index contributed by atoms with van der Waals surface area (Å²) in [5.74, 6) is 1.13. The van der Waals surface area contributed by atoms with E-state index in [4.69, 9.17) is 9.47 Å². The molecule has 0 bridgehead atoms. The molecule has 6 nitrogen and oxygen atoms in total. The Morgan fingerprint density at radius 1 is 0.963 bits per heavy atom. The molecule has 1 aliphatic rings. The number of ether oxygens (including phenoxy) is 2. The number of hydrogen-bond acceptors (Lipinski definition) is 6. The van der Waals surface area contributed by atoms with Crippen molar-refractivity contribution in [2.45, 2.75) is 13.3 Å². The smallest absolute Gasteiger partial charge is 0.229 e. The topological polar surface area (TPSA) is 68.3 Å². The molecule has 2 N–H and O–H groups in total. The lowest BCUT2D eigenvalue weighted by molar-refractivity contribution is 0.171. The van der Waals surface area contributed by atoms with Crippen molar-refractivity contribution in [1.82, 2.24) is 9.97 Å². The Bertz CT molecular complexity index is 947. The number of halogens is 1. The van der Waals surface area contributed by atoms with Gasteiger partial charge in [-0.15, -0.1) is 0 Å². The number of nitrogens with zero attached hydrogens (tertiary/aromatic N) is 2.